The van der Waals surface area contributed by atoms with E-state index in [9.17, 15) is 0 Å². The molecule has 0 unspecified atom stereocenters. The molecule has 114 valence electrons. The Morgan fingerprint density at radius 1 is 1.24 bits per heavy atom. The molecule has 21 heavy (non-hydrogen) atoms. The molecule has 1 aliphatic carbocycles. The van der Waals surface area contributed by atoms with Crippen LogP contribution in [0.25, 0.3) is 10.9 Å². The second kappa shape index (κ2) is 5.82. The van der Waals surface area contributed by atoms with E-state index in [1.54, 1.807) is 0 Å². The highest BCUT2D eigenvalue weighted by atomic mass is 16.5. The number of benzene rings is 1. The normalized spacial score (nSPS) is 15.8. The molecule has 0 amide bonds. The van der Waals surface area contributed by atoms with Gasteiger partial charge in [0.2, 0.25) is 0 Å². The summed E-state index contributed by atoms with van der Waals surface area (Å²) in [7, 11) is 0. The summed E-state index contributed by atoms with van der Waals surface area (Å²) in [5, 5.41) is 4.89. The molecular formula is C18H26N2O. The summed E-state index contributed by atoms with van der Waals surface area (Å²) in [6.07, 6.45) is 4.82. The van der Waals surface area contributed by atoms with E-state index in [0.29, 0.717) is 6.73 Å². The van der Waals surface area contributed by atoms with Crippen LogP contribution in [0.4, 0.5) is 0 Å². The van der Waals surface area contributed by atoms with Gasteiger partial charge in [-0.3, -0.25) is 0 Å². The molecular weight excluding hydrogens is 260 g/mol. The zero-order valence-corrected chi connectivity index (χ0v) is 13.4. The third-order valence-electron chi connectivity index (χ3n) is 3.99. The van der Waals surface area contributed by atoms with E-state index in [0.717, 1.165) is 19.1 Å². The van der Waals surface area contributed by atoms with Crippen molar-refractivity contribution in [1.29, 1.82) is 0 Å². The highest BCUT2D eigenvalue weighted by Gasteiger charge is 2.21. The Morgan fingerprint density at radius 3 is 2.76 bits per heavy atom. The highest BCUT2D eigenvalue weighted by Crippen LogP contribution is 2.29. The Bertz CT molecular complexity index is 605. The number of nitrogens with zero attached hydrogens (tertiary/aromatic N) is 1. The lowest BCUT2D eigenvalue weighted by Gasteiger charge is -2.21. The highest BCUT2D eigenvalue weighted by molar-refractivity contribution is 5.83. The number of ether oxygens (including phenoxy) is 1. The molecule has 1 heterocycles. The predicted octanol–water partition coefficient (Wildman–Crippen LogP) is 3.91. The van der Waals surface area contributed by atoms with Gasteiger partial charge in [0.25, 0.3) is 0 Å². The first-order valence-electron chi connectivity index (χ1n) is 7.92. The second-order valence-corrected chi connectivity index (χ2v) is 7.18. The maximum atomic E-state index is 5.81. The fourth-order valence-corrected chi connectivity index (χ4v) is 2.52. The van der Waals surface area contributed by atoms with Crippen molar-refractivity contribution in [1.82, 2.24) is 9.88 Å². The van der Waals surface area contributed by atoms with Crippen molar-refractivity contribution in [2.24, 2.45) is 5.92 Å². The maximum Gasteiger partial charge on any atom is 0.122 e. The van der Waals surface area contributed by atoms with Crippen LogP contribution in [0.2, 0.25) is 0 Å². The van der Waals surface area contributed by atoms with E-state index < -0.39 is 0 Å². The van der Waals surface area contributed by atoms with Gasteiger partial charge in [0.05, 0.1) is 12.1 Å². The van der Waals surface area contributed by atoms with Crippen LogP contribution < -0.4 is 5.32 Å². The number of nitrogens with one attached hydrogen (secondary N) is 1. The number of hydrogen-bond acceptors (Lipinski definition) is 2. The standard InChI is InChI=1S/C18H26N2O/c1-18(2,3)19-11-15-5-4-6-17-16(15)9-10-20(17)13-21-12-14-7-8-14/h4-6,9-10,14,19H,7-8,11-13H2,1-3H3. The summed E-state index contributed by atoms with van der Waals surface area (Å²) >= 11 is 0. The van der Waals surface area contributed by atoms with E-state index in [2.05, 4.69) is 61.1 Å². The third-order valence-corrected chi connectivity index (χ3v) is 3.99. The van der Waals surface area contributed by atoms with E-state index in [1.165, 1.54) is 29.3 Å². The van der Waals surface area contributed by atoms with Gasteiger partial charge in [-0.25, -0.2) is 0 Å². The number of aromatic nitrogens is 1. The zero-order valence-electron chi connectivity index (χ0n) is 13.4. The smallest absolute Gasteiger partial charge is 0.122 e. The second-order valence-electron chi connectivity index (χ2n) is 7.18. The van der Waals surface area contributed by atoms with Crippen molar-refractivity contribution in [3.63, 3.8) is 0 Å². The molecule has 3 nitrogen and oxygen atoms in total. The van der Waals surface area contributed by atoms with Gasteiger partial charge in [-0.2, -0.15) is 0 Å². The number of rotatable bonds is 6. The van der Waals surface area contributed by atoms with E-state index in [4.69, 9.17) is 4.74 Å². The minimum Gasteiger partial charge on any atom is -0.360 e. The van der Waals surface area contributed by atoms with Gasteiger partial charge in [-0.1, -0.05) is 12.1 Å². The lowest BCUT2D eigenvalue weighted by Crippen LogP contribution is -2.35. The van der Waals surface area contributed by atoms with Gasteiger partial charge in [0, 0.05) is 23.7 Å². The average molecular weight is 286 g/mol. The van der Waals surface area contributed by atoms with Crippen LogP contribution >= 0.6 is 0 Å². The van der Waals surface area contributed by atoms with E-state index in [1.807, 2.05) is 0 Å². The van der Waals surface area contributed by atoms with Gasteiger partial charge < -0.3 is 14.6 Å². The third kappa shape index (κ3) is 3.86. The SMILES string of the molecule is CC(C)(C)NCc1cccc2c1ccn2COCC1CC1. The van der Waals surface area contributed by atoms with Crippen LogP contribution in [-0.4, -0.2) is 16.7 Å². The molecule has 3 rings (SSSR count). The maximum absolute atomic E-state index is 5.81. The fraction of sp³-hybridized carbons (Fsp3) is 0.556. The first-order valence-corrected chi connectivity index (χ1v) is 7.92. The zero-order chi connectivity index (χ0) is 14.9. The lowest BCUT2D eigenvalue weighted by atomic mass is 10.1. The molecule has 1 fully saturated rings. The molecule has 0 spiro atoms. The van der Waals surface area contributed by atoms with Crippen LogP contribution in [0.1, 0.15) is 39.2 Å². The molecule has 0 aliphatic heterocycles. The molecule has 0 saturated heterocycles. The number of hydrogen-bond donors (Lipinski definition) is 1. The first kappa shape index (κ1) is 14.6. The molecule has 1 aromatic carbocycles. The van der Waals surface area contributed by atoms with Crippen molar-refractivity contribution in [2.75, 3.05) is 6.61 Å². The topological polar surface area (TPSA) is 26.2 Å². The van der Waals surface area contributed by atoms with Gasteiger partial charge in [-0.05, 0) is 57.2 Å². The van der Waals surface area contributed by atoms with E-state index in [-0.39, 0.29) is 5.54 Å². The average Bonchev–Trinajstić information content (AvgIpc) is 3.15. The molecule has 0 bridgehead atoms. The minimum atomic E-state index is 0.137. The van der Waals surface area contributed by atoms with Crippen LogP contribution in [0.5, 0.6) is 0 Å². The summed E-state index contributed by atoms with van der Waals surface area (Å²) in [6.45, 7) is 9.06. The Balaban J connectivity index is 1.71. The molecule has 1 aliphatic rings. The Kier molecular flexibility index (Phi) is 4.05. The van der Waals surface area contributed by atoms with Gasteiger partial charge in [-0.15, -0.1) is 0 Å². The van der Waals surface area contributed by atoms with Crippen molar-refractivity contribution in [2.45, 2.75) is 52.4 Å². The van der Waals surface area contributed by atoms with Gasteiger partial charge in [0.15, 0.2) is 0 Å². The summed E-state index contributed by atoms with van der Waals surface area (Å²) in [4.78, 5) is 0. The van der Waals surface area contributed by atoms with Crippen LogP contribution in [-0.2, 0) is 18.0 Å². The Hall–Kier alpha value is -1.32. The quantitative estimate of drug-likeness (QED) is 0.871. The number of fused-ring (bicyclic) bond motifs is 1. The Labute approximate surface area is 127 Å². The van der Waals surface area contributed by atoms with Crippen molar-refractivity contribution in [3.8, 4) is 0 Å². The molecule has 0 atom stereocenters. The first-order chi connectivity index (χ1) is 10.0. The largest absolute Gasteiger partial charge is 0.360 e. The van der Waals surface area contributed by atoms with Crippen molar-refractivity contribution in [3.05, 3.63) is 36.0 Å². The van der Waals surface area contributed by atoms with E-state index >= 15 is 0 Å². The summed E-state index contributed by atoms with van der Waals surface area (Å²) in [6, 6.07) is 8.72. The summed E-state index contributed by atoms with van der Waals surface area (Å²) in [5.41, 5.74) is 2.75. The molecule has 1 N–H and O–H groups in total. The monoisotopic (exact) mass is 286 g/mol. The molecule has 0 radical (unpaired) electrons. The minimum absolute atomic E-state index is 0.137. The van der Waals surface area contributed by atoms with Crippen molar-refractivity contribution < 1.29 is 4.74 Å². The molecule has 3 heteroatoms. The van der Waals surface area contributed by atoms with Crippen LogP contribution in [0.15, 0.2) is 30.5 Å². The molecule has 2 aromatic rings. The van der Waals surface area contributed by atoms with Gasteiger partial charge >= 0.3 is 0 Å². The van der Waals surface area contributed by atoms with Gasteiger partial charge in [0.1, 0.15) is 6.73 Å². The summed E-state index contributed by atoms with van der Waals surface area (Å²) in [5.74, 6) is 0.818. The molecule has 1 aromatic heterocycles. The van der Waals surface area contributed by atoms with Crippen LogP contribution in [0.3, 0.4) is 0 Å². The van der Waals surface area contributed by atoms with Crippen molar-refractivity contribution >= 4 is 10.9 Å². The fourth-order valence-electron chi connectivity index (χ4n) is 2.52. The Morgan fingerprint density at radius 2 is 2.05 bits per heavy atom. The van der Waals surface area contributed by atoms with Crippen LogP contribution in [0, 0.1) is 5.92 Å². The molecule has 1 saturated carbocycles. The summed E-state index contributed by atoms with van der Waals surface area (Å²) < 4.78 is 8.02. The predicted molar refractivity (Wildman–Crippen MR) is 87.2 cm³/mol. The lowest BCUT2D eigenvalue weighted by molar-refractivity contribution is 0.0718.